The molecule has 5 aromatic rings. The molecular formula is C22H16BrN3OS. The van der Waals surface area contributed by atoms with Crippen molar-refractivity contribution in [2.45, 2.75) is 6.54 Å². The number of aromatic amines is 1. The fourth-order valence-electron chi connectivity index (χ4n) is 3.11. The van der Waals surface area contributed by atoms with Gasteiger partial charge < -0.3 is 14.7 Å². The van der Waals surface area contributed by atoms with Gasteiger partial charge in [0, 0.05) is 15.7 Å². The third-order valence-corrected chi connectivity index (χ3v) is 5.84. The van der Waals surface area contributed by atoms with Crippen molar-refractivity contribution >= 4 is 44.0 Å². The number of H-pyrrole nitrogens is 1. The zero-order valence-electron chi connectivity index (χ0n) is 14.8. The van der Waals surface area contributed by atoms with Gasteiger partial charge >= 0.3 is 0 Å². The summed E-state index contributed by atoms with van der Waals surface area (Å²) in [5.74, 6) is 2.66. The fraction of sp³-hybridized carbons (Fsp3) is 0.0455. The first kappa shape index (κ1) is 17.3. The lowest BCUT2D eigenvalue weighted by Crippen LogP contribution is -1.97. The maximum absolute atomic E-state index is 5.98. The van der Waals surface area contributed by atoms with Crippen molar-refractivity contribution in [2.24, 2.45) is 0 Å². The molecule has 0 atom stereocenters. The number of nitrogens with one attached hydrogen (secondary N) is 2. The maximum Gasteiger partial charge on any atom is 0.148 e. The van der Waals surface area contributed by atoms with E-state index in [0.717, 1.165) is 49.0 Å². The number of imidazole rings is 1. The van der Waals surface area contributed by atoms with Crippen molar-refractivity contribution in [3.63, 3.8) is 0 Å². The Morgan fingerprint density at radius 3 is 2.86 bits per heavy atom. The lowest BCUT2D eigenvalue weighted by Gasteiger charge is -2.04. The normalized spacial score (nSPS) is 11.2. The maximum atomic E-state index is 5.98. The third-order valence-electron chi connectivity index (χ3n) is 4.47. The predicted molar refractivity (Wildman–Crippen MR) is 119 cm³/mol. The first-order valence-corrected chi connectivity index (χ1v) is 10.5. The molecule has 138 valence electrons. The van der Waals surface area contributed by atoms with E-state index in [2.05, 4.69) is 48.7 Å². The second-order valence-electron chi connectivity index (χ2n) is 6.42. The zero-order chi connectivity index (χ0) is 18.9. The van der Waals surface area contributed by atoms with Gasteiger partial charge in [-0.2, -0.15) is 0 Å². The lowest BCUT2D eigenvalue weighted by molar-refractivity contribution is 0.531. The minimum absolute atomic E-state index is 0.616. The van der Waals surface area contributed by atoms with Gasteiger partial charge in [-0.05, 0) is 53.9 Å². The molecule has 0 fully saturated rings. The van der Waals surface area contributed by atoms with Crippen molar-refractivity contribution in [2.75, 3.05) is 5.32 Å². The largest absolute Gasteiger partial charge is 0.459 e. The van der Waals surface area contributed by atoms with Gasteiger partial charge in [0.2, 0.25) is 0 Å². The zero-order valence-corrected chi connectivity index (χ0v) is 17.2. The van der Waals surface area contributed by atoms with Gasteiger partial charge in [-0.25, -0.2) is 4.98 Å². The average molecular weight is 450 g/mol. The Kier molecular flexibility index (Phi) is 4.50. The molecule has 0 saturated heterocycles. The van der Waals surface area contributed by atoms with Gasteiger partial charge in [0.25, 0.3) is 0 Å². The first-order valence-electron chi connectivity index (χ1n) is 8.87. The van der Waals surface area contributed by atoms with E-state index in [1.54, 1.807) is 11.3 Å². The number of nitrogens with zero attached hydrogens (tertiary/aromatic N) is 1. The molecule has 4 nitrogen and oxygen atoms in total. The molecule has 0 radical (unpaired) electrons. The molecule has 6 heteroatoms. The number of hydrogen-bond acceptors (Lipinski definition) is 4. The summed E-state index contributed by atoms with van der Waals surface area (Å²) in [5.41, 5.74) is 4.06. The first-order chi connectivity index (χ1) is 13.7. The molecule has 0 amide bonds. The monoisotopic (exact) mass is 449 g/mol. The molecule has 2 aromatic carbocycles. The quantitative estimate of drug-likeness (QED) is 0.305. The van der Waals surface area contributed by atoms with Gasteiger partial charge in [0.1, 0.15) is 17.3 Å². The van der Waals surface area contributed by atoms with E-state index in [9.17, 15) is 0 Å². The molecule has 5 rings (SSSR count). The predicted octanol–water partition coefficient (Wildman–Crippen LogP) is 6.93. The summed E-state index contributed by atoms with van der Waals surface area (Å²) in [5, 5.41) is 5.48. The van der Waals surface area contributed by atoms with Crippen LogP contribution in [-0.2, 0) is 6.54 Å². The van der Waals surface area contributed by atoms with E-state index >= 15 is 0 Å². The summed E-state index contributed by atoms with van der Waals surface area (Å²) in [6.45, 7) is 0.616. The highest BCUT2D eigenvalue weighted by atomic mass is 79.9. The number of halogens is 1. The molecular weight excluding hydrogens is 434 g/mol. The summed E-state index contributed by atoms with van der Waals surface area (Å²) >= 11 is 5.18. The van der Waals surface area contributed by atoms with E-state index in [-0.39, 0.29) is 0 Å². The molecule has 3 heterocycles. The number of anilines is 1. The summed E-state index contributed by atoms with van der Waals surface area (Å²) < 4.78 is 7.02. The number of aromatic nitrogens is 2. The van der Waals surface area contributed by atoms with Crippen molar-refractivity contribution in [1.29, 1.82) is 0 Å². The average Bonchev–Trinajstić information content (AvgIpc) is 3.46. The number of furan rings is 1. The minimum atomic E-state index is 0.616. The van der Waals surface area contributed by atoms with Crippen LogP contribution in [0.5, 0.6) is 0 Å². The minimum Gasteiger partial charge on any atom is -0.459 e. The van der Waals surface area contributed by atoms with Crippen LogP contribution in [0.2, 0.25) is 0 Å². The molecule has 0 bridgehead atoms. The Bertz CT molecular complexity index is 1240. The molecule has 3 aromatic heterocycles. The number of rotatable bonds is 5. The molecule has 0 saturated carbocycles. The van der Waals surface area contributed by atoms with E-state index in [1.807, 2.05) is 54.6 Å². The van der Waals surface area contributed by atoms with Crippen molar-refractivity contribution in [3.05, 3.63) is 82.3 Å². The topological polar surface area (TPSA) is 53.9 Å². The molecule has 28 heavy (non-hydrogen) atoms. The van der Waals surface area contributed by atoms with Crippen LogP contribution in [0.4, 0.5) is 5.69 Å². The van der Waals surface area contributed by atoms with E-state index in [4.69, 9.17) is 4.42 Å². The summed E-state index contributed by atoms with van der Waals surface area (Å²) in [7, 11) is 0. The van der Waals surface area contributed by atoms with Gasteiger partial charge in [-0.3, -0.25) is 0 Å². The van der Waals surface area contributed by atoms with Crippen LogP contribution in [0.1, 0.15) is 5.76 Å². The van der Waals surface area contributed by atoms with Gasteiger partial charge in [-0.1, -0.05) is 34.1 Å². The third kappa shape index (κ3) is 3.48. The van der Waals surface area contributed by atoms with E-state index < -0.39 is 0 Å². The molecule has 0 spiro atoms. The Morgan fingerprint density at radius 1 is 1.04 bits per heavy atom. The second-order valence-corrected chi connectivity index (χ2v) is 8.29. The van der Waals surface area contributed by atoms with Gasteiger partial charge in [0.15, 0.2) is 0 Å². The van der Waals surface area contributed by atoms with Crippen LogP contribution in [0, 0.1) is 0 Å². The highest BCUT2D eigenvalue weighted by Crippen LogP contribution is 2.27. The Morgan fingerprint density at radius 2 is 2.00 bits per heavy atom. The lowest BCUT2D eigenvalue weighted by atomic mass is 10.2. The van der Waals surface area contributed by atoms with Crippen LogP contribution in [0.15, 0.2) is 81.0 Å². The fourth-order valence-corrected chi connectivity index (χ4v) is 4.18. The van der Waals surface area contributed by atoms with E-state index in [1.165, 1.54) is 0 Å². The summed E-state index contributed by atoms with van der Waals surface area (Å²) in [6.07, 6.45) is 0. The van der Waals surface area contributed by atoms with Crippen molar-refractivity contribution < 1.29 is 4.42 Å². The highest BCUT2D eigenvalue weighted by molar-refractivity contribution is 9.10. The summed E-state index contributed by atoms with van der Waals surface area (Å²) in [4.78, 5) is 9.20. The number of thiophene rings is 1. The van der Waals surface area contributed by atoms with Crippen LogP contribution >= 0.6 is 27.3 Å². The highest BCUT2D eigenvalue weighted by Gasteiger charge is 2.08. The SMILES string of the molecule is Brc1cccc(-c2ccc(CNc3ccc4nc(-c5cccs5)[nH]c4c3)o2)c1. The standard InChI is InChI=1S/C22H16BrN3OS/c23-15-4-1-3-14(11-15)20-9-7-17(27-20)13-24-16-6-8-18-19(12-16)26-22(25-18)21-5-2-10-28-21/h1-12,24H,13H2,(H,25,26). The second kappa shape index (κ2) is 7.30. The Labute approximate surface area is 174 Å². The van der Waals surface area contributed by atoms with Gasteiger partial charge in [-0.15, -0.1) is 11.3 Å². The molecule has 2 N–H and O–H groups in total. The van der Waals surface area contributed by atoms with Gasteiger partial charge in [0.05, 0.1) is 22.5 Å². The molecule has 0 unspecified atom stereocenters. The number of benzene rings is 2. The number of fused-ring (bicyclic) bond motifs is 1. The molecule has 0 aliphatic carbocycles. The molecule has 0 aliphatic heterocycles. The van der Waals surface area contributed by atoms with Crippen LogP contribution in [0.25, 0.3) is 33.1 Å². The Balaban J connectivity index is 1.32. The smallest absolute Gasteiger partial charge is 0.148 e. The summed E-state index contributed by atoms with van der Waals surface area (Å²) in [6, 6.07) is 22.4. The van der Waals surface area contributed by atoms with Crippen LogP contribution in [-0.4, -0.2) is 9.97 Å². The van der Waals surface area contributed by atoms with E-state index in [0.29, 0.717) is 6.54 Å². The molecule has 0 aliphatic rings. The van der Waals surface area contributed by atoms with Crippen molar-refractivity contribution in [3.8, 4) is 22.0 Å². The van der Waals surface area contributed by atoms with Crippen LogP contribution < -0.4 is 5.32 Å². The Hall–Kier alpha value is -2.83. The van der Waals surface area contributed by atoms with Crippen LogP contribution in [0.3, 0.4) is 0 Å². The van der Waals surface area contributed by atoms with Crippen molar-refractivity contribution in [1.82, 2.24) is 9.97 Å². The number of hydrogen-bond donors (Lipinski definition) is 2.